The van der Waals surface area contributed by atoms with E-state index in [1.807, 2.05) is 0 Å². The molecule has 210 valence electrons. The highest BCUT2D eigenvalue weighted by atomic mass is 28.4. The Labute approximate surface area is 233 Å². The molecule has 2 aromatic carbocycles. The average molecular weight is 537 g/mol. The maximum Gasteiger partial charge on any atom is 0.314 e. The van der Waals surface area contributed by atoms with E-state index in [1.165, 1.54) is 36.1 Å². The van der Waals surface area contributed by atoms with Crippen LogP contribution in [0.3, 0.4) is 0 Å². The minimum atomic E-state index is -2.41. The molecule has 0 fully saturated rings. The fourth-order valence-electron chi connectivity index (χ4n) is 4.99. The topological polar surface area (TPSA) is 50.4 Å². The number of allylic oxidation sites excluding steroid dienone is 2. The second-order valence-corrected chi connectivity index (χ2v) is 15.5. The molecule has 0 spiro atoms. The molecule has 2 N–H and O–H groups in total. The molecule has 0 unspecified atom stereocenters. The van der Waals surface area contributed by atoms with Crippen molar-refractivity contribution in [1.82, 2.24) is 10.6 Å². The molecule has 0 saturated carbocycles. The van der Waals surface area contributed by atoms with Gasteiger partial charge < -0.3 is 15.1 Å². The molecule has 0 aliphatic heterocycles. The van der Waals surface area contributed by atoms with Crippen molar-refractivity contribution in [2.45, 2.75) is 96.9 Å². The summed E-state index contributed by atoms with van der Waals surface area (Å²) >= 11 is 0. The summed E-state index contributed by atoms with van der Waals surface area (Å²) in [5.41, 5.74) is 0. The lowest BCUT2D eigenvalue weighted by Crippen LogP contribution is -2.66. The number of rotatable bonds is 18. The summed E-state index contributed by atoms with van der Waals surface area (Å²) in [5, 5.41) is 8.60. The Morgan fingerprint density at radius 2 is 1.24 bits per heavy atom. The molecule has 38 heavy (non-hydrogen) atoms. The molecule has 0 bridgehead atoms. The van der Waals surface area contributed by atoms with Crippen molar-refractivity contribution >= 4 is 24.7 Å². The number of hydrogen-bond donors (Lipinski definition) is 2. The van der Waals surface area contributed by atoms with Gasteiger partial charge in [-0.3, -0.25) is 0 Å². The van der Waals surface area contributed by atoms with Gasteiger partial charge in [-0.2, -0.15) is 0 Å². The first-order chi connectivity index (χ1) is 18.4. The van der Waals surface area contributed by atoms with E-state index in [4.69, 9.17) is 4.43 Å². The predicted molar refractivity (Wildman–Crippen MR) is 166 cm³/mol. The fraction of sp³-hybridized carbons (Fsp3) is 0.545. The van der Waals surface area contributed by atoms with Crippen molar-refractivity contribution in [3.05, 3.63) is 72.8 Å². The minimum Gasteiger partial charge on any atom is -0.407 e. The van der Waals surface area contributed by atoms with Crippen LogP contribution in [0.5, 0.6) is 0 Å². The Bertz CT molecular complexity index is 870. The van der Waals surface area contributed by atoms with Gasteiger partial charge in [0.2, 0.25) is 0 Å². The summed E-state index contributed by atoms with van der Waals surface area (Å²) in [4.78, 5) is 11.7. The second kappa shape index (κ2) is 18.0. The summed E-state index contributed by atoms with van der Waals surface area (Å²) in [7, 11) is -2.41. The Morgan fingerprint density at radius 3 is 1.74 bits per heavy atom. The van der Waals surface area contributed by atoms with Crippen LogP contribution in [0.15, 0.2) is 72.8 Å². The molecule has 2 aromatic rings. The van der Waals surface area contributed by atoms with Gasteiger partial charge in [0.15, 0.2) is 0 Å². The molecule has 0 radical (unpaired) electrons. The van der Waals surface area contributed by atoms with E-state index < -0.39 is 8.32 Å². The summed E-state index contributed by atoms with van der Waals surface area (Å²) in [6.07, 6.45) is 15.8. The number of hydrogen-bond acceptors (Lipinski definition) is 2. The van der Waals surface area contributed by atoms with Crippen LogP contribution in [0.4, 0.5) is 4.79 Å². The molecule has 2 amide bonds. The molecule has 0 aromatic heterocycles. The lowest BCUT2D eigenvalue weighted by atomic mass is 10.1. The zero-order valence-corrected chi connectivity index (χ0v) is 25.4. The molecular weight excluding hydrogens is 484 g/mol. The van der Waals surface area contributed by atoms with E-state index in [1.54, 1.807) is 0 Å². The highest BCUT2D eigenvalue weighted by Gasteiger charge is 2.49. The van der Waals surface area contributed by atoms with Crippen molar-refractivity contribution in [1.29, 1.82) is 0 Å². The molecule has 0 saturated heterocycles. The number of carbonyl (C=O) groups is 1. The van der Waals surface area contributed by atoms with Gasteiger partial charge >= 0.3 is 6.03 Å². The Kier molecular flexibility index (Phi) is 15.1. The van der Waals surface area contributed by atoms with E-state index >= 15 is 0 Å². The van der Waals surface area contributed by atoms with E-state index in [-0.39, 0.29) is 11.1 Å². The number of nitrogens with one attached hydrogen (secondary N) is 2. The van der Waals surface area contributed by atoms with E-state index in [0.29, 0.717) is 0 Å². The maximum atomic E-state index is 11.7. The van der Waals surface area contributed by atoms with Gasteiger partial charge in [0.05, 0.1) is 0 Å². The zero-order chi connectivity index (χ0) is 27.5. The van der Waals surface area contributed by atoms with Crippen LogP contribution in [0.1, 0.15) is 91.9 Å². The summed E-state index contributed by atoms with van der Waals surface area (Å²) < 4.78 is 6.98. The molecule has 0 aliphatic rings. The quantitative estimate of drug-likeness (QED) is 0.119. The molecule has 4 nitrogen and oxygen atoms in total. The van der Waals surface area contributed by atoms with Gasteiger partial charge in [-0.25, -0.2) is 4.79 Å². The number of carbonyl (C=O) groups excluding carboxylic acids is 1. The average Bonchev–Trinajstić information content (AvgIpc) is 2.92. The Morgan fingerprint density at radius 1 is 0.737 bits per heavy atom. The lowest BCUT2D eigenvalue weighted by Gasteiger charge is -2.43. The van der Waals surface area contributed by atoms with Gasteiger partial charge in [0, 0.05) is 19.7 Å². The van der Waals surface area contributed by atoms with Crippen LogP contribution in [-0.2, 0) is 4.43 Å². The molecule has 5 heteroatoms. The SMILES string of the molecule is CCCCCNC(=O)NCCCC/C=C\CCCCCO[Si](c1ccccc1)(c1ccccc1)C(C)(C)C. The fourth-order valence-corrected chi connectivity index (χ4v) is 9.60. The largest absolute Gasteiger partial charge is 0.407 e. The molecular formula is C33H52N2O2Si. The third-order valence-corrected chi connectivity index (χ3v) is 12.1. The van der Waals surface area contributed by atoms with E-state index in [2.05, 4.69) is 111 Å². The lowest BCUT2D eigenvalue weighted by molar-refractivity contribution is 0.240. The Hall–Kier alpha value is -2.37. The van der Waals surface area contributed by atoms with Crippen LogP contribution in [-0.4, -0.2) is 34.0 Å². The third-order valence-electron chi connectivity index (χ3n) is 7.07. The first-order valence-electron chi connectivity index (χ1n) is 14.8. The van der Waals surface area contributed by atoms with Gasteiger partial charge in [-0.15, -0.1) is 0 Å². The molecule has 2 rings (SSSR count). The second-order valence-electron chi connectivity index (χ2n) is 11.2. The van der Waals surface area contributed by atoms with E-state index in [0.717, 1.165) is 58.2 Å². The highest BCUT2D eigenvalue weighted by Crippen LogP contribution is 2.36. The van der Waals surface area contributed by atoms with E-state index in [9.17, 15) is 4.79 Å². The van der Waals surface area contributed by atoms with Gasteiger partial charge in [0.25, 0.3) is 8.32 Å². The normalized spacial score (nSPS) is 12.1. The first-order valence-corrected chi connectivity index (χ1v) is 16.7. The van der Waals surface area contributed by atoms with Crippen LogP contribution < -0.4 is 21.0 Å². The maximum absolute atomic E-state index is 11.7. The van der Waals surface area contributed by atoms with Crippen LogP contribution in [0, 0.1) is 0 Å². The third kappa shape index (κ3) is 10.8. The van der Waals surface area contributed by atoms with Gasteiger partial charge in [-0.05, 0) is 60.4 Å². The van der Waals surface area contributed by atoms with Crippen molar-refractivity contribution in [3.63, 3.8) is 0 Å². The minimum absolute atomic E-state index is 0.0319. The number of benzene rings is 2. The number of unbranched alkanes of at least 4 members (excludes halogenated alkanes) is 7. The van der Waals surface area contributed by atoms with Crippen LogP contribution >= 0.6 is 0 Å². The standard InChI is InChI=1S/C33H52N2O2Si/c1-5-6-20-27-34-32(36)35-28-21-12-10-8-7-9-11-13-22-29-37-38(33(2,3)4,30-23-16-14-17-24-30)31-25-18-15-19-26-31/h7-8,14-19,23-26H,5-6,9-13,20-22,27-29H2,1-4H3,(H2,34,35,36)/b8-7-. The molecule has 0 aliphatic carbocycles. The number of amides is 2. The van der Waals surface area contributed by atoms with Crippen LogP contribution in [0.2, 0.25) is 5.04 Å². The summed E-state index contributed by atoms with van der Waals surface area (Å²) in [6, 6.07) is 21.8. The van der Waals surface area contributed by atoms with Gasteiger partial charge in [0.1, 0.15) is 0 Å². The monoisotopic (exact) mass is 536 g/mol. The molecule has 0 heterocycles. The zero-order valence-electron chi connectivity index (χ0n) is 24.4. The number of urea groups is 1. The molecule has 0 atom stereocenters. The predicted octanol–water partition coefficient (Wildman–Crippen LogP) is 7.34. The summed E-state index contributed by atoms with van der Waals surface area (Å²) in [6.45, 7) is 11.5. The van der Waals surface area contributed by atoms with Crippen molar-refractivity contribution in [2.24, 2.45) is 0 Å². The van der Waals surface area contributed by atoms with Crippen LogP contribution in [0.25, 0.3) is 0 Å². The first kappa shape index (κ1) is 31.8. The van der Waals surface area contributed by atoms with Crippen molar-refractivity contribution in [3.8, 4) is 0 Å². The van der Waals surface area contributed by atoms with Crippen molar-refractivity contribution in [2.75, 3.05) is 19.7 Å². The summed E-state index contributed by atoms with van der Waals surface area (Å²) in [5.74, 6) is 0. The highest BCUT2D eigenvalue weighted by molar-refractivity contribution is 6.99. The Balaban J connectivity index is 1.67. The van der Waals surface area contributed by atoms with Gasteiger partial charge in [-0.1, -0.05) is 120 Å². The van der Waals surface area contributed by atoms with Crippen molar-refractivity contribution < 1.29 is 9.22 Å². The smallest absolute Gasteiger partial charge is 0.314 e.